The summed E-state index contributed by atoms with van der Waals surface area (Å²) in [5.74, 6) is 0. The third kappa shape index (κ3) is 3.66. The quantitative estimate of drug-likeness (QED) is 0.511. The van der Waals surface area contributed by atoms with E-state index >= 15 is 0 Å². The van der Waals surface area contributed by atoms with E-state index in [0.29, 0.717) is 11.3 Å². The van der Waals surface area contributed by atoms with Crippen molar-refractivity contribution in [3.8, 4) is 0 Å². The van der Waals surface area contributed by atoms with Gasteiger partial charge in [-0.25, -0.2) is 18.4 Å². The van der Waals surface area contributed by atoms with Crippen LogP contribution in [0.25, 0.3) is 0 Å². The third-order valence-electron chi connectivity index (χ3n) is 0.880. The first kappa shape index (κ1) is 13.4. The molecule has 1 rings (SSSR count). The number of amides is 2. The van der Waals surface area contributed by atoms with Crippen molar-refractivity contribution in [3.63, 3.8) is 0 Å². The summed E-state index contributed by atoms with van der Waals surface area (Å²) in [6.45, 7) is 0. The van der Waals surface area contributed by atoms with Gasteiger partial charge < -0.3 is 5.73 Å². The average Bonchev–Trinajstić information content (AvgIpc) is 2.32. The van der Waals surface area contributed by atoms with E-state index in [4.69, 9.17) is 10.9 Å². The topological polar surface area (TPSA) is 141 Å². The standard InChI is InChI=1S/C3H5N5O3S2.Pt/c4-1(9)6-2-7-8-3(12-2)13(5,10)11;/h(H2,5,10,11)(H3,4,6,7,9);/q;+2. The first-order valence-electron chi connectivity index (χ1n) is 2.82. The molecular formula is C3H5N5O3PtS2+2. The van der Waals surface area contributed by atoms with E-state index in [2.05, 4.69) is 15.5 Å². The molecule has 1 aromatic rings. The molecule has 8 nitrogen and oxygen atoms in total. The molecule has 1 heterocycles. The van der Waals surface area contributed by atoms with Crippen molar-refractivity contribution >= 4 is 32.5 Å². The van der Waals surface area contributed by atoms with Crippen LogP contribution in [-0.4, -0.2) is 24.6 Å². The van der Waals surface area contributed by atoms with Crippen LogP contribution in [0.4, 0.5) is 9.93 Å². The Kier molecular flexibility index (Phi) is 4.58. The number of hydrogen-bond acceptors (Lipinski definition) is 6. The van der Waals surface area contributed by atoms with Crippen molar-refractivity contribution in [1.82, 2.24) is 10.2 Å². The molecule has 0 spiro atoms. The Morgan fingerprint density at radius 3 is 2.36 bits per heavy atom. The molecule has 5 N–H and O–H groups in total. The van der Waals surface area contributed by atoms with Crippen LogP contribution in [0.15, 0.2) is 4.34 Å². The van der Waals surface area contributed by atoms with Gasteiger partial charge in [0.15, 0.2) is 0 Å². The van der Waals surface area contributed by atoms with E-state index in [0.717, 1.165) is 0 Å². The van der Waals surface area contributed by atoms with Crippen LogP contribution in [-0.2, 0) is 31.1 Å². The zero-order chi connectivity index (χ0) is 10.1. The molecule has 0 bridgehead atoms. The van der Waals surface area contributed by atoms with Crippen molar-refractivity contribution < 1.29 is 34.3 Å². The smallest absolute Gasteiger partial charge is 0.351 e. The molecule has 0 radical (unpaired) electrons. The van der Waals surface area contributed by atoms with E-state index in [1.54, 1.807) is 0 Å². The number of nitrogens with one attached hydrogen (secondary N) is 1. The minimum atomic E-state index is -3.86. The molecule has 2 amide bonds. The van der Waals surface area contributed by atoms with E-state index in [9.17, 15) is 13.2 Å². The number of nitrogens with zero attached hydrogens (tertiary/aromatic N) is 2. The monoisotopic (exact) mass is 418 g/mol. The summed E-state index contributed by atoms with van der Waals surface area (Å²) in [6, 6.07) is -0.850. The number of carbonyl (C=O) groups is 1. The van der Waals surface area contributed by atoms with Gasteiger partial charge in [0, 0.05) is 0 Å². The molecule has 0 aliphatic heterocycles. The number of anilines is 1. The number of primary sulfonamides is 1. The summed E-state index contributed by atoms with van der Waals surface area (Å²) >= 11 is 0.621. The van der Waals surface area contributed by atoms with Crippen LogP contribution in [0, 0.1) is 0 Å². The molecule has 14 heavy (non-hydrogen) atoms. The fraction of sp³-hybridized carbons (Fsp3) is 0. The summed E-state index contributed by atoms with van der Waals surface area (Å²) in [5, 5.41) is 13.3. The summed E-state index contributed by atoms with van der Waals surface area (Å²) < 4.78 is 21.0. The Bertz CT molecular complexity index is 427. The summed E-state index contributed by atoms with van der Waals surface area (Å²) in [7, 11) is -3.86. The minimum Gasteiger partial charge on any atom is -0.351 e. The summed E-state index contributed by atoms with van der Waals surface area (Å²) in [6.07, 6.45) is 0. The number of rotatable bonds is 2. The molecule has 11 heteroatoms. The first-order valence-corrected chi connectivity index (χ1v) is 5.18. The Morgan fingerprint density at radius 1 is 1.43 bits per heavy atom. The maximum absolute atomic E-state index is 10.7. The number of urea groups is 1. The molecule has 0 unspecified atom stereocenters. The molecule has 80 valence electrons. The van der Waals surface area contributed by atoms with E-state index in [-0.39, 0.29) is 30.5 Å². The Hall–Kier alpha value is -0.572. The second-order valence-corrected chi connectivity index (χ2v) is 4.62. The van der Waals surface area contributed by atoms with Gasteiger partial charge in [0.05, 0.1) is 0 Å². The zero-order valence-corrected chi connectivity index (χ0v) is 10.3. The zero-order valence-electron chi connectivity index (χ0n) is 6.41. The number of primary amides is 1. The normalized spacial score (nSPS) is 10.4. The largest absolute Gasteiger partial charge is 2.00 e. The molecule has 0 aromatic carbocycles. The second-order valence-electron chi connectivity index (χ2n) is 1.91. The SMILES string of the molecule is NC(=O)Nc1nnc(S(N)(=O)=O)s1.[Pt+2]. The maximum Gasteiger partial charge on any atom is 2.00 e. The van der Waals surface area contributed by atoms with Gasteiger partial charge in [-0.15, -0.1) is 10.2 Å². The van der Waals surface area contributed by atoms with Gasteiger partial charge in [-0.2, -0.15) is 0 Å². The van der Waals surface area contributed by atoms with Crippen molar-refractivity contribution in [3.05, 3.63) is 0 Å². The summed E-state index contributed by atoms with van der Waals surface area (Å²) in [4.78, 5) is 10.3. The van der Waals surface area contributed by atoms with Crippen LogP contribution in [0.2, 0.25) is 0 Å². The van der Waals surface area contributed by atoms with Crippen LogP contribution in [0.3, 0.4) is 0 Å². The Morgan fingerprint density at radius 2 is 2.00 bits per heavy atom. The second kappa shape index (κ2) is 4.78. The minimum absolute atomic E-state index is 0. The van der Waals surface area contributed by atoms with Crippen LogP contribution in [0.5, 0.6) is 0 Å². The van der Waals surface area contributed by atoms with Gasteiger partial charge in [-0.05, 0) is 0 Å². The van der Waals surface area contributed by atoms with Crippen LogP contribution in [0.1, 0.15) is 0 Å². The molecule has 1 aromatic heterocycles. The van der Waals surface area contributed by atoms with Crippen molar-refractivity contribution in [2.45, 2.75) is 4.34 Å². The van der Waals surface area contributed by atoms with Crippen molar-refractivity contribution in [2.75, 3.05) is 5.32 Å². The maximum atomic E-state index is 10.7. The molecule has 0 saturated heterocycles. The fourth-order valence-electron chi connectivity index (χ4n) is 0.481. The fourth-order valence-corrected chi connectivity index (χ4v) is 1.82. The molecule has 0 atom stereocenters. The molecule has 0 saturated carbocycles. The van der Waals surface area contributed by atoms with E-state index in [1.165, 1.54) is 0 Å². The Labute approximate surface area is 97.4 Å². The number of sulfonamides is 1. The third-order valence-corrected chi connectivity index (χ3v) is 3.03. The van der Waals surface area contributed by atoms with E-state index in [1.807, 2.05) is 0 Å². The first-order chi connectivity index (χ1) is 5.89. The predicted octanol–water partition coefficient (Wildman–Crippen LogP) is -1.33. The number of carbonyl (C=O) groups excluding carboxylic acids is 1. The van der Waals surface area contributed by atoms with Gasteiger partial charge in [0.2, 0.25) is 9.47 Å². The van der Waals surface area contributed by atoms with Gasteiger partial charge in [-0.1, -0.05) is 11.3 Å². The van der Waals surface area contributed by atoms with Gasteiger partial charge >= 0.3 is 27.1 Å². The molecule has 0 aliphatic rings. The molecular weight excluding hydrogens is 413 g/mol. The number of hydrogen-bond donors (Lipinski definition) is 3. The van der Waals surface area contributed by atoms with Gasteiger partial charge in [0.1, 0.15) is 0 Å². The van der Waals surface area contributed by atoms with Gasteiger partial charge in [-0.3, -0.25) is 5.32 Å². The van der Waals surface area contributed by atoms with Crippen molar-refractivity contribution in [1.29, 1.82) is 0 Å². The Balaban J connectivity index is 0.00000169. The average molecular weight is 418 g/mol. The number of aromatic nitrogens is 2. The van der Waals surface area contributed by atoms with Crippen molar-refractivity contribution in [2.24, 2.45) is 10.9 Å². The summed E-state index contributed by atoms with van der Waals surface area (Å²) in [5.41, 5.74) is 4.75. The predicted molar refractivity (Wildman–Crippen MR) is 44.5 cm³/mol. The van der Waals surface area contributed by atoms with Gasteiger partial charge in [0.25, 0.3) is 10.0 Å². The van der Waals surface area contributed by atoms with E-state index < -0.39 is 16.1 Å². The molecule has 0 aliphatic carbocycles. The van der Waals surface area contributed by atoms with Crippen LogP contribution < -0.4 is 16.2 Å². The molecule has 0 fully saturated rings. The number of nitrogens with two attached hydrogens (primary N) is 2. The van der Waals surface area contributed by atoms with Crippen LogP contribution >= 0.6 is 11.3 Å².